The van der Waals surface area contributed by atoms with Crippen LogP contribution in [0.1, 0.15) is 0 Å². The second-order valence-electron chi connectivity index (χ2n) is 3.80. The molecule has 0 spiro atoms. The van der Waals surface area contributed by atoms with E-state index in [4.69, 9.17) is 12.2 Å². The third kappa shape index (κ3) is 1.82. The van der Waals surface area contributed by atoms with Gasteiger partial charge in [-0.1, -0.05) is 6.07 Å². The molecule has 0 fully saturated rings. The van der Waals surface area contributed by atoms with E-state index in [-0.39, 0.29) is 4.77 Å². The second-order valence-corrected chi connectivity index (χ2v) is 5.11. The number of benzene rings is 1. The first-order chi connectivity index (χ1) is 9.09. The quantitative estimate of drug-likeness (QED) is 0.699. The van der Waals surface area contributed by atoms with Crippen LogP contribution in [0.2, 0.25) is 0 Å². The minimum Gasteiger partial charge on any atom is -0.323 e. The fraction of sp³-hybridized carbons (Fsp3) is 0. The van der Waals surface area contributed by atoms with E-state index in [0.29, 0.717) is 10.2 Å². The first-order valence-corrected chi connectivity index (χ1v) is 6.55. The molecular weight excluding hydrogens is 290 g/mol. The largest absolute Gasteiger partial charge is 0.323 e. The monoisotopic (exact) mass is 296 g/mol. The summed E-state index contributed by atoms with van der Waals surface area (Å²) in [5.41, 5.74) is -0.995. The third-order valence-electron chi connectivity index (χ3n) is 2.68. The molecule has 0 saturated heterocycles. The van der Waals surface area contributed by atoms with Crippen molar-refractivity contribution in [2.24, 2.45) is 0 Å². The van der Waals surface area contributed by atoms with E-state index in [1.165, 1.54) is 17.4 Å². The van der Waals surface area contributed by atoms with Gasteiger partial charge in [0.1, 0.15) is 22.2 Å². The number of para-hydroxylation sites is 1. The fourth-order valence-corrected chi connectivity index (χ4v) is 2.96. The number of aromatic amines is 1. The predicted octanol–water partition coefficient (Wildman–Crippen LogP) is 3.39. The molecule has 0 unspecified atom stereocenters. The van der Waals surface area contributed by atoms with Crippen LogP contribution in [0.5, 0.6) is 0 Å². The molecule has 0 amide bonds. The molecule has 1 aromatic carbocycles. The highest BCUT2D eigenvalue weighted by molar-refractivity contribution is 7.71. The summed E-state index contributed by atoms with van der Waals surface area (Å²) in [6.45, 7) is 0. The van der Waals surface area contributed by atoms with Crippen LogP contribution in [-0.2, 0) is 0 Å². The standard InChI is InChI=1S/C12H6F2N2OS2/c13-7-2-1-3-8(14)9(7)16-11(17)6-4-5-19-10(6)15-12(16)18/h1-5H,(H,15,18). The average molecular weight is 296 g/mol. The van der Waals surface area contributed by atoms with E-state index >= 15 is 0 Å². The zero-order valence-corrected chi connectivity index (χ0v) is 10.9. The summed E-state index contributed by atoms with van der Waals surface area (Å²) >= 11 is 6.32. The highest BCUT2D eigenvalue weighted by atomic mass is 32.1. The molecule has 0 saturated carbocycles. The first kappa shape index (κ1) is 12.2. The van der Waals surface area contributed by atoms with Crippen molar-refractivity contribution in [2.45, 2.75) is 0 Å². The Bertz CT molecular complexity index is 874. The molecule has 0 bridgehead atoms. The number of fused-ring (bicyclic) bond motifs is 1. The molecule has 3 aromatic rings. The molecule has 2 heterocycles. The summed E-state index contributed by atoms with van der Waals surface area (Å²) in [5, 5.41) is 2.06. The van der Waals surface area contributed by atoms with Crippen molar-refractivity contribution in [3.63, 3.8) is 0 Å². The number of hydrogen-bond donors (Lipinski definition) is 1. The van der Waals surface area contributed by atoms with Gasteiger partial charge in [-0.25, -0.2) is 13.3 Å². The zero-order valence-electron chi connectivity index (χ0n) is 9.31. The van der Waals surface area contributed by atoms with Crippen LogP contribution in [0.4, 0.5) is 8.78 Å². The normalized spacial score (nSPS) is 11.1. The van der Waals surface area contributed by atoms with Gasteiger partial charge in [-0.15, -0.1) is 11.3 Å². The Morgan fingerprint density at radius 2 is 1.89 bits per heavy atom. The predicted molar refractivity (Wildman–Crippen MR) is 72.5 cm³/mol. The molecule has 0 atom stereocenters. The molecule has 0 aliphatic carbocycles. The van der Waals surface area contributed by atoms with Gasteiger partial charge in [0.25, 0.3) is 5.56 Å². The highest BCUT2D eigenvalue weighted by Gasteiger charge is 2.15. The van der Waals surface area contributed by atoms with E-state index in [9.17, 15) is 13.6 Å². The number of nitrogens with zero attached hydrogens (tertiary/aromatic N) is 1. The molecule has 7 heteroatoms. The van der Waals surface area contributed by atoms with Crippen molar-refractivity contribution in [1.29, 1.82) is 0 Å². The van der Waals surface area contributed by atoms with Crippen molar-refractivity contribution in [1.82, 2.24) is 9.55 Å². The lowest BCUT2D eigenvalue weighted by molar-refractivity contribution is 0.565. The van der Waals surface area contributed by atoms with E-state index in [2.05, 4.69) is 4.98 Å². The van der Waals surface area contributed by atoms with Gasteiger partial charge in [0.15, 0.2) is 4.77 Å². The second kappa shape index (κ2) is 4.36. The number of aromatic nitrogens is 2. The van der Waals surface area contributed by atoms with Crippen LogP contribution in [0, 0.1) is 16.4 Å². The van der Waals surface area contributed by atoms with Crippen molar-refractivity contribution in [3.05, 3.63) is 56.4 Å². The van der Waals surface area contributed by atoms with Crippen LogP contribution in [0.3, 0.4) is 0 Å². The lowest BCUT2D eigenvalue weighted by Gasteiger charge is -2.08. The van der Waals surface area contributed by atoms with Gasteiger partial charge in [0.2, 0.25) is 0 Å². The Morgan fingerprint density at radius 3 is 2.58 bits per heavy atom. The smallest absolute Gasteiger partial charge is 0.267 e. The van der Waals surface area contributed by atoms with Gasteiger partial charge in [-0.3, -0.25) is 4.79 Å². The van der Waals surface area contributed by atoms with Crippen molar-refractivity contribution < 1.29 is 8.78 Å². The third-order valence-corrected chi connectivity index (χ3v) is 3.80. The number of rotatable bonds is 1. The van der Waals surface area contributed by atoms with Gasteiger partial charge in [-0.2, -0.15) is 0 Å². The van der Waals surface area contributed by atoms with Crippen molar-refractivity contribution >= 4 is 33.8 Å². The molecule has 19 heavy (non-hydrogen) atoms. The van der Waals surface area contributed by atoms with Crippen LogP contribution in [-0.4, -0.2) is 9.55 Å². The number of nitrogens with one attached hydrogen (secondary N) is 1. The summed E-state index contributed by atoms with van der Waals surface area (Å²) in [5.74, 6) is -1.67. The molecule has 1 N–H and O–H groups in total. The molecule has 0 aliphatic rings. The number of halogens is 2. The van der Waals surface area contributed by atoms with Crippen LogP contribution >= 0.6 is 23.6 Å². The summed E-state index contributed by atoms with van der Waals surface area (Å²) in [6.07, 6.45) is 0. The molecule has 3 nitrogen and oxygen atoms in total. The maximum atomic E-state index is 13.8. The van der Waals surface area contributed by atoms with Crippen molar-refractivity contribution in [2.75, 3.05) is 0 Å². The number of hydrogen-bond acceptors (Lipinski definition) is 3. The summed E-state index contributed by atoms with van der Waals surface area (Å²) in [4.78, 5) is 15.6. The molecule has 2 aromatic heterocycles. The summed E-state index contributed by atoms with van der Waals surface area (Å²) in [7, 11) is 0. The Hall–Kier alpha value is -1.86. The van der Waals surface area contributed by atoms with E-state index in [1.807, 2.05) is 0 Å². The first-order valence-electron chi connectivity index (χ1n) is 5.26. The SMILES string of the molecule is O=c1c2ccsc2[nH]c(=S)n1-c1c(F)cccc1F. The Balaban J connectivity index is 2.50. The number of H-pyrrole nitrogens is 1. The van der Waals surface area contributed by atoms with E-state index in [1.54, 1.807) is 11.4 Å². The van der Waals surface area contributed by atoms with Gasteiger partial charge < -0.3 is 4.98 Å². The van der Waals surface area contributed by atoms with Gasteiger partial charge in [-0.05, 0) is 35.8 Å². The Kier molecular flexibility index (Phi) is 2.79. The molecule has 96 valence electrons. The van der Waals surface area contributed by atoms with Crippen molar-refractivity contribution in [3.8, 4) is 5.69 Å². The van der Waals surface area contributed by atoms with E-state index < -0.39 is 22.9 Å². The van der Waals surface area contributed by atoms with Crippen LogP contribution in [0.15, 0.2) is 34.4 Å². The lowest BCUT2D eigenvalue weighted by Crippen LogP contribution is -2.21. The summed E-state index contributed by atoms with van der Waals surface area (Å²) < 4.78 is 28.3. The minimum absolute atomic E-state index is 0.0380. The van der Waals surface area contributed by atoms with Crippen LogP contribution in [0.25, 0.3) is 15.9 Å². The minimum atomic E-state index is -0.837. The fourth-order valence-electron chi connectivity index (χ4n) is 1.85. The van der Waals surface area contributed by atoms with Crippen LogP contribution < -0.4 is 5.56 Å². The number of thiophene rings is 1. The van der Waals surface area contributed by atoms with E-state index in [0.717, 1.165) is 16.7 Å². The van der Waals surface area contributed by atoms with Gasteiger partial charge in [0.05, 0.1) is 5.39 Å². The molecule has 0 radical (unpaired) electrons. The Morgan fingerprint density at radius 1 is 1.21 bits per heavy atom. The highest BCUT2D eigenvalue weighted by Crippen LogP contribution is 2.19. The summed E-state index contributed by atoms with van der Waals surface area (Å²) in [6, 6.07) is 4.98. The zero-order chi connectivity index (χ0) is 13.6. The topological polar surface area (TPSA) is 37.8 Å². The van der Waals surface area contributed by atoms with Gasteiger partial charge in [0, 0.05) is 0 Å². The lowest BCUT2D eigenvalue weighted by atomic mass is 10.3. The maximum absolute atomic E-state index is 13.8. The average Bonchev–Trinajstić information content (AvgIpc) is 2.81. The Labute approximate surface area is 114 Å². The maximum Gasteiger partial charge on any atom is 0.267 e. The molecule has 3 rings (SSSR count). The van der Waals surface area contributed by atoms with Gasteiger partial charge >= 0.3 is 0 Å². The molecular formula is C12H6F2N2OS2. The molecule has 0 aliphatic heterocycles.